The molecule has 0 bridgehead atoms. The van der Waals surface area contributed by atoms with Crippen LogP contribution in [-0.2, 0) is 20.9 Å². The molecule has 0 unspecified atom stereocenters. The molecule has 1 aromatic heterocycles. The fraction of sp³-hybridized carbons (Fsp3) is 0.190. The summed E-state index contributed by atoms with van der Waals surface area (Å²) in [7, 11) is 0. The van der Waals surface area contributed by atoms with Gasteiger partial charge in [-0.1, -0.05) is 30.3 Å². The van der Waals surface area contributed by atoms with Crippen LogP contribution < -0.4 is 5.32 Å². The Bertz CT molecular complexity index is 943. The van der Waals surface area contributed by atoms with Gasteiger partial charge in [0, 0.05) is 24.5 Å². The van der Waals surface area contributed by atoms with Crippen LogP contribution >= 0.6 is 0 Å². The van der Waals surface area contributed by atoms with Crippen LogP contribution in [0.15, 0.2) is 67.3 Å². The molecule has 0 saturated carbocycles. The topological polar surface area (TPSA) is 73.2 Å². The summed E-state index contributed by atoms with van der Waals surface area (Å²) in [6, 6.07) is 13.4. The molecule has 0 aliphatic rings. The number of carbonyl (C=O) groups is 2. The van der Waals surface area contributed by atoms with Crippen LogP contribution in [0.5, 0.6) is 0 Å². The first-order chi connectivity index (χ1) is 13.6. The Hall–Kier alpha value is -3.48. The summed E-state index contributed by atoms with van der Waals surface area (Å²) in [6.07, 6.45) is 4.72. The number of ether oxygens (including phenoxy) is 1. The number of halogens is 1. The quantitative estimate of drug-likeness (QED) is 0.502. The minimum Gasteiger partial charge on any atom is -0.465 e. The average molecular weight is 381 g/mol. The van der Waals surface area contributed by atoms with Gasteiger partial charge in [-0.15, -0.1) is 0 Å². The predicted molar refractivity (Wildman–Crippen MR) is 103 cm³/mol. The molecule has 1 heterocycles. The summed E-state index contributed by atoms with van der Waals surface area (Å²) >= 11 is 0. The fourth-order valence-electron chi connectivity index (χ4n) is 2.82. The number of benzene rings is 2. The fourth-order valence-corrected chi connectivity index (χ4v) is 2.82. The van der Waals surface area contributed by atoms with Gasteiger partial charge in [0.2, 0.25) is 5.91 Å². The van der Waals surface area contributed by atoms with Crippen molar-refractivity contribution in [2.75, 3.05) is 11.9 Å². The molecule has 3 rings (SSSR count). The van der Waals surface area contributed by atoms with E-state index in [1.54, 1.807) is 30.0 Å². The van der Waals surface area contributed by atoms with Crippen LogP contribution in [0.25, 0.3) is 11.1 Å². The molecule has 1 atom stereocenters. The van der Waals surface area contributed by atoms with Gasteiger partial charge in [-0.2, -0.15) is 0 Å². The van der Waals surface area contributed by atoms with Crippen molar-refractivity contribution < 1.29 is 18.7 Å². The number of anilines is 1. The Morgan fingerprint density at radius 2 is 2.00 bits per heavy atom. The highest BCUT2D eigenvalue weighted by molar-refractivity contribution is 6.06. The Morgan fingerprint density at radius 1 is 1.21 bits per heavy atom. The number of aromatic nitrogens is 2. The second-order valence-corrected chi connectivity index (χ2v) is 6.11. The van der Waals surface area contributed by atoms with Crippen molar-refractivity contribution in [2.45, 2.75) is 13.5 Å². The zero-order chi connectivity index (χ0) is 19.9. The average Bonchev–Trinajstić information content (AvgIpc) is 3.20. The monoisotopic (exact) mass is 381 g/mol. The number of imidazole rings is 1. The van der Waals surface area contributed by atoms with E-state index in [0.717, 1.165) is 5.56 Å². The van der Waals surface area contributed by atoms with Crippen LogP contribution in [0.2, 0.25) is 0 Å². The molecule has 3 aromatic rings. The van der Waals surface area contributed by atoms with Gasteiger partial charge in [0.1, 0.15) is 5.82 Å². The Morgan fingerprint density at radius 3 is 2.68 bits per heavy atom. The zero-order valence-corrected chi connectivity index (χ0v) is 15.3. The van der Waals surface area contributed by atoms with E-state index >= 15 is 0 Å². The molecule has 0 spiro atoms. The molecule has 0 aliphatic carbocycles. The van der Waals surface area contributed by atoms with Gasteiger partial charge >= 0.3 is 5.97 Å². The first-order valence-electron chi connectivity index (χ1n) is 8.86. The van der Waals surface area contributed by atoms with Gasteiger partial charge in [-0.25, -0.2) is 9.37 Å². The summed E-state index contributed by atoms with van der Waals surface area (Å²) in [5.41, 5.74) is 1.76. The summed E-state index contributed by atoms with van der Waals surface area (Å²) in [5, 5.41) is 2.69. The third kappa shape index (κ3) is 4.62. The van der Waals surface area contributed by atoms with Crippen LogP contribution in [0.4, 0.5) is 10.1 Å². The van der Waals surface area contributed by atoms with Gasteiger partial charge in [0.05, 0.1) is 18.6 Å². The van der Waals surface area contributed by atoms with Gasteiger partial charge in [-0.3, -0.25) is 9.59 Å². The molecule has 1 N–H and O–H groups in total. The van der Waals surface area contributed by atoms with Crippen LogP contribution in [0.1, 0.15) is 6.92 Å². The van der Waals surface area contributed by atoms with E-state index in [1.165, 1.54) is 18.5 Å². The molecule has 144 valence electrons. The van der Waals surface area contributed by atoms with Crippen molar-refractivity contribution in [1.82, 2.24) is 9.55 Å². The van der Waals surface area contributed by atoms with Gasteiger partial charge in [0.25, 0.3) is 0 Å². The Balaban J connectivity index is 1.89. The van der Waals surface area contributed by atoms with Gasteiger partial charge < -0.3 is 14.6 Å². The highest BCUT2D eigenvalue weighted by Gasteiger charge is 2.29. The predicted octanol–water partition coefficient (Wildman–Crippen LogP) is 3.51. The molecule has 7 heteroatoms. The second kappa shape index (κ2) is 8.94. The van der Waals surface area contributed by atoms with E-state index in [2.05, 4.69) is 10.3 Å². The first kappa shape index (κ1) is 19.3. The number of hydrogen-bond donors (Lipinski definition) is 1. The molecule has 28 heavy (non-hydrogen) atoms. The standard InChI is InChI=1S/C21H20FN3O3/c1-2-28-21(27)18(13-25-11-10-23-14-25)20(26)24-19-12-16(22)8-9-17(19)15-6-4-3-5-7-15/h3-12,14,18H,2,13H2,1H3,(H,24,26)/t18-/m0/s1. The third-order valence-electron chi connectivity index (χ3n) is 4.16. The number of nitrogens with zero attached hydrogens (tertiary/aromatic N) is 2. The van der Waals surface area contributed by atoms with E-state index < -0.39 is 23.6 Å². The van der Waals surface area contributed by atoms with E-state index in [9.17, 15) is 14.0 Å². The molecule has 1 amide bonds. The third-order valence-corrected chi connectivity index (χ3v) is 4.16. The van der Waals surface area contributed by atoms with Crippen molar-refractivity contribution in [2.24, 2.45) is 5.92 Å². The van der Waals surface area contributed by atoms with Crippen molar-refractivity contribution >= 4 is 17.6 Å². The maximum absolute atomic E-state index is 13.8. The summed E-state index contributed by atoms with van der Waals surface area (Å²) in [5.74, 6) is -2.81. The number of nitrogens with one attached hydrogen (secondary N) is 1. The minimum atomic E-state index is -1.10. The van der Waals surface area contributed by atoms with E-state index in [-0.39, 0.29) is 18.8 Å². The lowest BCUT2D eigenvalue weighted by molar-refractivity contribution is -0.151. The van der Waals surface area contributed by atoms with Crippen LogP contribution in [0.3, 0.4) is 0 Å². The van der Waals surface area contributed by atoms with Crippen molar-refractivity contribution in [3.05, 3.63) is 73.1 Å². The maximum Gasteiger partial charge on any atom is 0.320 e. The highest BCUT2D eigenvalue weighted by Crippen LogP contribution is 2.29. The number of hydrogen-bond acceptors (Lipinski definition) is 4. The van der Waals surface area contributed by atoms with Crippen LogP contribution in [-0.4, -0.2) is 28.0 Å². The zero-order valence-electron chi connectivity index (χ0n) is 15.3. The Labute approximate surface area is 162 Å². The lowest BCUT2D eigenvalue weighted by Crippen LogP contribution is -2.34. The lowest BCUT2D eigenvalue weighted by Gasteiger charge is -2.18. The van der Waals surface area contributed by atoms with E-state index in [4.69, 9.17) is 4.74 Å². The number of esters is 1. The molecule has 0 aliphatic heterocycles. The second-order valence-electron chi connectivity index (χ2n) is 6.11. The lowest BCUT2D eigenvalue weighted by atomic mass is 10.0. The van der Waals surface area contributed by atoms with Crippen LogP contribution in [0, 0.1) is 11.7 Å². The smallest absolute Gasteiger partial charge is 0.320 e. The molecule has 0 saturated heterocycles. The largest absolute Gasteiger partial charge is 0.465 e. The highest BCUT2D eigenvalue weighted by atomic mass is 19.1. The molecule has 0 radical (unpaired) electrons. The molecule has 6 nitrogen and oxygen atoms in total. The molecular formula is C21H20FN3O3. The first-order valence-corrected chi connectivity index (χ1v) is 8.86. The van der Waals surface area contributed by atoms with Crippen molar-refractivity contribution in [1.29, 1.82) is 0 Å². The molecule has 2 aromatic carbocycles. The minimum absolute atomic E-state index is 0.0701. The number of rotatable bonds is 7. The molecule has 0 fully saturated rings. The Kier molecular flexibility index (Phi) is 6.16. The maximum atomic E-state index is 13.8. The number of amides is 1. The van der Waals surface area contributed by atoms with Crippen molar-refractivity contribution in [3.8, 4) is 11.1 Å². The van der Waals surface area contributed by atoms with Crippen molar-refractivity contribution in [3.63, 3.8) is 0 Å². The van der Waals surface area contributed by atoms with Gasteiger partial charge in [-0.05, 0) is 30.7 Å². The summed E-state index contributed by atoms with van der Waals surface area (Å²) in [6.45, 7) is 1.90. The normalized spacial score (nSPS) is 11.6. The molecular weight excluding hydrogens is 361 g/mol. The summed E-state index contributed by atoms with van der Waals surface area (Å²) in [4.78, 5) is 29.1. The SMILES string of the molecule is CCOC(=O)[C@@H](Cn1ccnc1)C(=O)Nc1cc(F)ccc1-c1ccccc1. The number of carbonyl (C=O) groups excluding carboxylic acids is 2. The van der Waals surface area contributed by atoms with E-state index in [1.807, 2.05) is 30.3 Å². The van der Waals surface area contributed by atoms with E-state index in [0.29, 0.717) is 5.56 Å². The van der Waals surface area contributed by atoms with Gasteiger partial charge in [0.15, 0.2) is 5.92 Å². The summed E-state index contributed by atoms with van der Waals surface area (Å²) < 4.78 is 20.5.